The molecule has 0 aliphatic heterocycles. The lowest BCUT2D eigenvalue weighted by atomic mass is 10.1. The van der Waals surface area contributed by atoms with Gasteiger partial charge in [0.1, 0.15) is 12.1 Å². The van der Waals surface area contributed by atoms with Crippen molar-refractivity contribution in [2.75, 3.05) is 12.4 Å². The highest BCUT2D eigenvalue weighted by Crippen LogP contribution is 2.33. The second kappa shape index (κ2) is 4.97. The number of nitro groups is 1. The third-order valence-electron chi connectivity index (χ3n) is 2.67. The number of aryl methyl sites for hydroxylation is 1. The van der Waals surface area contributed by atoms with Gasteiger partial charge in [-0.25, -0.2) is 14.4 Å². The maximum absolute atomic E-state index is 13.2. The van der Waals surface area contributed by atoms with Crippen LogP contribution in [0.25, 0.3) is 11.3 Å². The van der Waals surface area contributed by atoms with E-state index in [0.717, 1.165) is 0 Å². The number of halogens is 1. The molecule has 1 N–H and O–H groups in total. The van der Waals surface area contributed by atoms with Crippen LogP contribution in [0.15, 0.2) is 24.5 Å². The van der Waals surface area contributed by atoms with Crippen LogP contribution in [-0.2, 0) is 0 Å². The summed E-state index contributed by atoms with van der Waals surface area (Å²) in [5.74, 6) is -0.244. The summed E-state index contributed by atoms with van der Waals surface area (Å²) in [6.45, 7) is 1.59. The van der Waals surface area contributed by atoms with Gasteiger partial charge in [0.05, 0.1) is 4.92 Å². The van der Waals surface area contributed by atoms with Crippen molar-refractivity contribution in [3.63, 3.8) is 0 Å². The molecular weight excluding hydrogens is 251 g/mol. The molecule has 0 atom stereocenters. The summed E-state index contributed by atoms with van der Waals surface area (Å²) in [5.41, 5.74) is 0.810. The van der Waals surface area contributed by atoms with Crippen LogP contribution in [0.3, 0.4) is 0 Å². The van der Waals surface area contributed by atoms with Crippen LogP contribution in [-0.4, -0.2) is 21.9 Å². The van der Waals surface area contributed by atoms with Gasteiger partial charge in [-0.15, -0.1) is 0 Å². The molecule has 1 heterocycles. The first-order valence-corrected chi connectivity index (χ1v) is 5.48. The molecule has 1 aromatic heterocycles. The molecule has 0 aliphatic rings. The van der Waals surface area contributed by atoms with E-state index in [4.69, 9.17) is 0 Å². The normalized spacial score (nSPS) is 10.3. The van der Waals surface area contributed by atoms with E-state index in [0.29, 0.717) is 11.1 Å². The molecule has 0 spiro atoms. The number of anilines is 1. The fourth-order valence-corrected chi connectivity index (χ4v) is 1.74. The number of benzene rings is 1. The van der Waals surface area contributed by atoms with Crippen molar-refractivity contribution in [3.05, 3.63) is 46.0 Å². The molecular formula is C12H11FN4O2. The topological polar surface area (TPSA) is 81.0 Å². The lowest BCUT2D eigenvalue weighted by Crippen LogP contribution is -2.03. The van der Waals surface area contributed by atoms with Gasteiger partial charge in [0, 0.05) is 12.6 Å². The zero-order valence-corrected chi connectivity index (χ0v) is 10.3. The highest BCUT2D eigenvalue weighted by Gasteiger charge is 2.23. The molecule has 1 aromatic carbocycles. The van der Waals surface area contributed by atoms with Crippen LogP contribution in [0, 0.1) is 22.9 Å². The van der Waals surface area contributed by atoms with Crippen LogP contribution in [0.5, 0.6) is 0 Å². The standard InChI is InChI=1S/C12H11FN4O2/c1-7-5-8(3-4-9(7)13)10-11(17(18)19)12(14-2)16-6-15-10/h3-6H,1-2H3,(H,14,15,16). The average molecular weight is 262 g/mol. The molecule has 6 nitrogen and oxygen atoms in total. The van der Waals surface area contributed by atoms with Gasteiger partial charge < -0.3 is 5.32 Å². The molecule has 0 saturated carbocycles. The van der Waals surface area contributed by atoms with E-state index in [1.54, 1.807) is 6.92 Å². The zero-order chi connectivity index (χ0) is 14.0. The van der Waals surface area contributed by atoms with Crippen molar-refractivity contribution in [1.29, 1.82) is 0 Å². The van der Waals surface area contributed by atoms with Crippen molar-refractivity contribution < 1.29 is 9.31 Å². The van der Waals surface area contributed by atoms with E-state index >= 15 is 0 Å². The van der Waals surface area contributed by atoms with E-state index in [1.165, 1.54) is 31.6 Å². The van der Waals surface area contributed by atoms with Crippen molar-refractivity contribution in [2.24, 2.45) is 0 Å². The first-order valence-electron chi connectivity index (χ1n) is 5.48. The number of nitrogens with zero attached hydrogens (tertiary/aromatic N) is 3. The highest BCUT2D eigenvalue weighted by atomic mass is 19.1. The zero-order valence-electron chi connectivity index (χ0n) is 10.3. The lowest BCUT2D eigenvalue weighted by Gasteiger charge is -2.06. The Kier molecular flexibility index (Phi) is 3.37. The Morgan fingerprint density at radius 1 is 1.37 bits per heavy atom. The highest BCUT2D eigenvalue weighted by molar-refractivity contribution is 5.76. The van der Waals surface area contributed by atoms with Gasteiger partial charge in [0.25, 0.3) is 0 Å². The van der Waals surface area contributed by atoms with Gasteiger partial charge in [-0.05, 0) is 30.7 Å². The molecule has 0 radical (unpaired) electrons. The number of aromatic nitrogens is 2. The van der Waals surface area contributed by atoms with Crippen LogP contribution < -0.4 is 5.32 Å². The van der Waals surface area contributed by atoms with E-state index in [2.05, 4.69) is 15.3 Å². The molecule has 19 heavy (non-hydrogen) atoms. The van der Waals surface area contributed by atoms with Crippen molar-refractivity contribution in [1.82, 2.24) is 9.97 Å². The van der Waals surface area contributed by atoms with Gasteiger partial charge in [0.15, 0.2) is 5.69 Å². The maximum Gasteiger partial charge on any atom is 0.337 e. The monoisotopic (exact) mass is 262 g/mol. The smallest absolute Gasteiger partial charge is 0.337 e. The molecule has 0 fully saturated rings. The Bertz CT molecular complexity index is 646. The number of nitrogens with one attached hydrogen (secondary N) is 1. The summed E-state index contributed by atoms with van der Waals surface area (Å²) in [6.07, 6.45) is 1.23. The summed E-state index contributed by atoms with van der Waals surface area (Å²) in [5, 5.41) is 13.8. The van der Waals surface area contributed by atoms with E-state index in [1.807, 2.05) is 0 Å². The molecule has 0 saturated heterocycles. The second-order valence-electron chi connectivity index (χ2n) is 3.89. The molecule has 98 valence electrons. The summed E-state index contributed by atoms with van der Waals surface area (Å²) in [6, 6.07) is 4.23. The number of hydrogen-bond donors (Lipinski definition) is 1. The summed E-state index contributed by atoms with van der Waals surface area (Å²) < 4.78 is 13.2. The van der Waals surface area contributed by atoms with Gasteiger partial charge in [-0.3, -0.25) is 10.1 Å². The molecule has 7 heteroatoms. The average Bonchev–Trinajstić information content (AvgIpc) is 2.40. The lowest BCUT2D eigenvalue weighted by molar-refractivity contribution is -0.383. The van der Waals surface area contributed by atoms with E-state index < -0.39 is 4.92 Å². The van der Waals surface area contributed by atoms with E-state index in [-0.39, 0.29) is 23.0 Å². The quantitative estimate of drug-likeness (QED) is 0.679. The van der Waals surface area contributed by atoms with Gasteiger partial charge in [-0.2, -0.15) is 0 Å². The third kappa shape index (κ3) is 2.35. The Hall–Kier alpha value is -2.57. The number of hydrogen-bond acceptors (Lipinski definition) is 5. The largest absolute Gasteiger partial charge is 0.367 e. The first kappa shape index (κ1) is 12.9. The SMILES string of the molecule is CNc1ncnc(-c2ccc(F)c(C)c2)c1[N+](=O)[O-]. The molecule has 0 unspecified atom stereocenters. The summed E-state index contributed by atoms with van der Waals surface area (Å²) in [4.78, 5) is 18.3. The Morgan fingerprint density at radius 3 is 2.68 bits per heavy atom. The van der Waals surface area contributed by atoms with Gasteiger partial charge in [-0.1, -0.05) is 0 Å². The third-order valence-corrected chi connectivity index (χ3v) is 2.67. The maximum atomic E-state index is 13.2. The minimum Gasteiger partial charge on any atom is -0.367 e. The predicted molar refractivity (Wildman–Crippen MR) is 68.4 cm³/mol. The van der Waals surface area contributed by atoms with Crippen LogP contribution in [0.2, 0.25) is 0 Å². The second-order valence-corrected chi connectivity index (χ2v) is 3.89. The molecule has 2 aromatic rings. The number of rotatable bonds is 3. The Labute approximate surface area is 108 Å². The van der Waals surface area contributed by atoms with Crippen LogP contribution in [0.1, 0.15) is 5.56 Å². The summed E-state index contributed by atoms with van der Waals surface area (Å²) in [7, 11) is 1.54. The molecule has 0 aliphatic carbocycles. The van der Waals surface area contributed by atoms with Crippen LogP contribution >= 0.6 is 0 Å². The predicted octanol–water partition coefficient (Wildman–Crippen LogP) is 2.54. The minimum atomic E-state index is -0.556. The van der Waals surface area contributed by atoms with E-state index in [9.17, 15) is 14.5 Å². The van der Waals surface area contributed by atoms with Crippen molar-refractivity contribution in [2.45, 2.75) is 6.92 Å². The van der Waals surface area contributed by atoms with Crippen molar-refractivity contribution in [3.8, 4) is 11.3 Å². The Balaban J connectivity index is 2.67. The van der Waals surface area contributed by atoms with Crippen molar-refractivity contribution >= 4 is 11.5 Å². The molecule has 0 bridgehead atoms. The van der Waals surface area contributed by atoms with Gasteiger partial charge in [0.2, 0.25) is 5.82 Å². The summed E-state index contributed by atoms with van der Waals surface area (Å²) >= 11 is 0. The minimum absolute atomic E-state index is 0.122. The molecule has 2 rings (SSSR count). The first-order chi connectivity index (χ1) is 9.04. The fourth-order valence-electron chi connectivity index (χ4n) is 1.74. The molecule has 0 amide bonds. The van der Waals surface area contributed by atoms with Gasteiger partial charge >= 0.3 is 5.69 Å². The fraction of sp³-hybridized carbons (Fsp3) is 0.167. The van der Waals surface area contributed by atoms with Crippen LogP contribution in [0.4, 0.5) is 15.9 Å². The Morgan fingerprint density at radius 2 is 2.11 bits per heavy atom.